The number of piperazine rings is 1. The molecule has 180 valence electrons. The Hall–Kier alpha value is -2.30. The van der Waals surface area contributed by atoms with Crippen LogP contribution in [0.25, 0.3) is 0 Å². The number of amides is 1. The summed E-state index contributed by atoms with van der Waals surface area (Å²) >= 11 is 0. The van der Waals surface area contributed by atoms with Gasteiger partial charge in [-0.2, -0.15) is 0 Å². The molecule has 0 radical (unpaired) electrons. The number of aliphatic hydroxyl groups excluding tert-OH is 1. The molecule has 1 unspecified atom stereocenters. The number of aliphatic hydroxyl groups is 1. The van der Waals surface area contributed by atoms with Crippen LogP contribution in [0.3, 0.4) is 0 Å². The van der Waals surface area contributed by atoms with Crippen LogP contribution in [-0.2, 0) is 11.3 Å². The van der Waals surface area contributed by atoms with Gasteiger partial charge in [-0.25, -0.2) is 4.98 Å². The van der Waals surface area contributed by atoms with Crippen molar-refractivity contribution in [2.24, 2.45) is 0 Å². The third-order valence-electron chi connectivity index (χ3n) is 6.41. The third kappa shape index (κ3) is 6.84. The predicted molar refractivity (Wildman–Crippen MR) is 125 cm³/mol. The summed E-state index contributed by atoms with van der Waals surface area (Å²) in [7, 11) is 0. The summed E-state index contributed by atoms with van der Waals surface area (Å²) in [5.74, 6) is 0.272. The topological polar surface area (TPSA) is 94.3 Å². The van der Waals surface area contributed by atoms with Crippen molar-refractivity contribution in [2.75, 3.05) is 70.9 Å². The molecule has 3 heterocycles. The van der Waals surface area contributed by atoms with Gasteiger partial charge in [-0.05, 0) is 37.1 Å². The number of carbonyl (C=O) groups is 1. The van der Waals surface area contributed by atoms with Crippen molar-refractivity contribution in [1.82, 2.24) is 19.7 Å². The van der Waals surface area contributed by atoms with Crippen molar-refractivity contribution in [1.29, 1.82) is 0 Å². The molecule has 2 N–H and O–H groups in total. The number of nitrogens with one attached hydrogen (secondary N) is 1. The van der Waals surface area contributed by atoms with Gasteiger partial charge in [-0.1, -0.05) is 6.07 Å². The minimum atomic E-state index is -0.347. The van der Waals surface area contributed by atoms with Gasteiger partial charge in [0.05, 0.1) is 25.9 Å². The number of nitrogens with zero attached hydrogens (tertiary/aromatic N) is 4. The number of benzene rings is 1. The first-order chi connectivity index (χ1) is 16.0. The van der Waals surface area contributed by atoms with Crippen molar-refractivity contribution < 1.29 is 19.1 Å². The highest BCUT2D eigenvalue weighted by Crippen LogP contribution is 2.16. The van der Waals surface area contributed by atoms with Crippen LogP contribution in [0, 0.1) is 13.8 Å². The number of aromatic nitrogens is 1. The van der Waals surface area contributed by atoms with Gasteiger partial charge in [0.1, 0.15) is 6.26 Å². The molecule has 0 aliphatic carbocycles. The normalized spacial score (nSPS) is 19.5. The third-order valence-corrected chi connectivity index (χ3v) is 6.41. The molecule has 0 saturated carbocycles. The van der Waals surface area contributed by atoms with Crippen LogP contribution in [0.15, 0.2) is 28.9 Å². The van der Waals surface area contributed by atoms with Gasteiger partial charge in [0.2, 0.25) is 5.89 Å². The zero-order valence-corrected chi connectivity index (χ0v) is 19.6. The molecule has 9 nitrogen and oxygen atoms in total. The number of rotatable bonds is 8. The van der Waals surface area contributed by atoms with Gasteiger partial charge in [0.15, 0.2) is 5.69 Å². The van der Waals surface area contributed by atoms with E-state index in [-0.39, 0.29) is 17.7 Å². The average Bonchev–Trinajstić information content (AvgIpc) is 3.27. The van der Waals surface area contributed by atoms with Gasteiger partial charge in [-0.3, -0.25) is 19.5 Å². The molecule has 33 heavy (non-hydrogen) atoms. The monoisotopic (exact) mass is 457 g/mol. The van der Waals surface area contributed by atoms with E-state index >= 15 is 0 Å². The summed E-state index contributed by atoms with van der Waals surface area (Å²) in [6.07, 6.45) is 1.07. The molecule has 1 amide bonds. The van der Waals surface area contributed by atoms with E-state index in [9.17, 15) is 9.90 Å². The molecule has 2 aromatic rings. The second-order valence-corrected chi connectivity index (χ2v) is 9.02. The van der Waals surface area contributed by atoms with E-state index in [0.717, 1.165) is 63.7 Å². The highest BCUT2D eigenvalue weighted by atomic mass is 16.5. The molecule has 4 rings (SSSR count). The highest BCUT2D eigenvalue weighted by molar-refractivity contribution is 6.02. The molecule has 1 aromatic carbocycles. The van der Waals surface area contributed by atoms with E-state index in [4.69, 9.17) is 9.15 Å². The highest BCUT2D eigenvalue weighted by Gasteiger charge is 2.23. The Balaban J connectivity index is 1.20. The maximum absolute atomic E-state index is 12.5. The minimum Gasteiger partial charge on any atom is -0.447 e. The number of carbonyl (C=O) groups excluding carboxylic acids is 1. The van der Waals surface area contributed by atoms with Gasteiger partial charge in [-0.15, -0.1) is 0 Å². The number of ether oxygens (including phenoxy) is 1. The number of morpholine rings is 1. The fraction of sp³-hybridized carbons (Fsp3) is 0.583. The van der Waals surface area contributed by atoms with Gasteiger partial charge < -0.3 is 19.6 Å². The van der Waals surface area contributed by atoms with Crippen molar-refractivity contribution in [2.45, 2.75) is 26.5 Å². The average molecular weight is 458 g/mol. The summed E-state index contributed by atoms with van der Waals surface area (Å²) in [5, 5.41) is 13.3. The van der Waals surface area contributed by atoms with Gasteiger partial charge >= 0.3 is 0 Å². The molecule has 9 heteroatoms. The number of oxazole rings is 1. The lowest BCUT2D eigenvalue weighted by Gasteiger charge is -2.36. The molecule has 0 bridgehead atoms. The van der Waals surface area contributed by atoms with Crippen molar-refractivity contribution in [3.8, 4) is 0 Å². The zero-order chi connectivity index (χ0) is 23.2. The van der Waals surface area contributed by atoms with Crippen molar-refractivity contribution in [3.63, 3.8) is 0 Å². The molecule has 1 aromatic heterocycles. The number of aryl methyl sites for hydroxylation is 2. The van der Waals surface area contributed by atoms with Crippen molar-refractivity contribution >= 4 is 11.6 Å². The SMILES string of the molecule is Cc1ccc(NC(=O)c2coc(CN3CCN(CC(O)CN4CCOCC4)CC3)n2)cc1C. The molecule has 1 atom stereocenters. The van der Waals surface area contributed by atoms with Crippen LogP contribution in [-0.4, -0.2) is 102 Å². The Bertz CT molecular complexity index is 919. The first kappa shape index (κ1) is 23.8. The largest absolute Gasteiger partial charge is 0.447 e. The molecule has 2 aliphatic rings. The van der Waals surface area contributed by atoms with Crippen LogP contribution in [0.1, 0.15) is 27.5 Å². The Morgan fingerprint density at radius 2 is 1.70 bits per heavy atom. The van der Waals surface area contributed by atoms with Crippen LogP contribution in [0.4, 0.5) is 5.69 Å². The number of anilines is 1. The fourth-order valence-corrected chi connectivity index (χ4v) is 4.26. The van der Waals surface area contributed by atoms with E-state index in [2.05, 4.69) is 25.0 Å². The maximum atomic E-state index is 12.5. The molecule has 2 aliphatic heterocycles. The van der Waals surface area contributed by atoms with Gasteiger partial charge in [0.25, 0.3) is 5.91 Å². The summed E-state index contributed by atoms with van der Waals surface area (Å²) < 4.78 is 10.9. The number of hydrogen-bond donors (Lipinski definition) is 2. The van der Waals surface area contributed by atoms with Crippen LogP contribution < -0.4 is 5.32 Å². The summed E-state index contributed by atoms with van der Waals surface area (Å²) in [4.78, 5) is 23.7. The number of hydrogen-bond acceptors (Lipinski definition) is 8. The first-order valence-corrected chi connectivity index (χ1v) is 11.7. The molecular formula is C24H35N5O4. The van der Waals surface area contributed by atoms with Crippen LogP contribution >= 0.6 is 0 Å². The molecule has 0 spiro atoms. The maximum Gasteiger partial charge on any atom is 0.277 e. The Kier molecular flexibility index (Phi) is 8.11. The van der Waals surface area contributed by atoms with E-state index in [1.807, 2.05) is 32.0 Å². The molecule has 2 fully saturated rings. The van der Waals surface area contributed by atoms with Gasteiger partial charge in [0, 0.05) is 58.0 Å². The standard InChI is InChI=1S/C24H35N5O4/c1-18-3-4-20(13-19(18)2)25-24(31)22-17-33-23(26-22)16-28-7-5-27(6-8-28)14-21(30)15-29-9-11-32-12-10-29/h3-4,13,17,21,30H,5-12,14-16H2,1-2H3,(H,25,31). The van der Waals surface area contributed by atoms with E-state index in [0.29, 0.717) is 25.5 Å². The molecular weight excluding hydrogens is 422 g/mol. The lowest BCUT2D eigenvalue weighted by atomic mass is 10.1. The Morgan fingerprint density at radius 1 is 1.03 bits per heavy atom. The lowest BCUT2D eigenvalue weighted by Crippen LogP contribution is -2.50. The second kappa shape index (κ2) is 11.2. The fourth-order valence-electron chi connectivity index (χ4n) is 4.26. The van der Waals surface area contributed by atoms with E-state index in [1.54, 1.807) is 0 Å². The predicted octanol–water partition coefficient (Wildman–Crippen LogP) is 1.35. The summed E-state index contributed by atoms with van der Waals surface area (Å²) in [5.41, 5.74) is 3.34. The van der Waals surface area contributed by atoms with E-state index in [1.165, 1.54) is 11.8 Å². The van der Waals surface area contributed by atoms with Crippen molar-refractivity contribution in [3.05, 3.63) is 47.2 Å². The van der Waals surface area contributed by atoms with Crippen LogP contribution in [0.5, 0.6) is 0 Å². The summed E-state index contributed by atoms with van der Waals surface area (Å²) in [6, 6.07) is 5.82. The summed E-state index contributed by atoms with van der Waals surface area (Å²) in [6.45, 7) is 12.8. The van der Waals surface area contributed by atoms with E-state index < -0.39 is 0 Å². The van der Waals surface area contributed by atoms with Crippen LogP contribution in [0.2, 0.25) is 0 Å². The lowest BCUT2D eigenvalue weighted by molar-refractivity contribution is 0.00187. The minimum absolute atomic E-state index is 0.271. The first-order valence-electron chi connectivity index (χ1n) is 11.7. The number of β-amino-alcohol motifs (C(OH)–C–C–N with tert-alkyl or cyclic N) is 1. The Morgan fingerprint density at radius 3 is 2.39 bits per heavy atom. The second-order valence-electron chi connectivity index (χ2n) is 9.02. The quantitative estimate of drug-likeness (QED) is 0.614. The zero-order valence-electron chi connectivity index (χ0n) is 19.6. The smallest absolute Gasteiger partial charge is 0.277 e. The Labute approximate surface area is 195 Å². The molecule has 2 saturated heterocycles.